The number of aryl methyl sites for hydroxylation is 2. The van der Waals surface area contributed by atoms with Gasteiger partial charge < -0.3 is 10.6 Å². The van der Waals surface area contributed by atoms with Gasteiger partial charge in [0.15, 0.2) is 0 Å². The summed E-state index contributed by atoms with van der Waals surface area (Å²) in [5.74, 6) is 0.101. The topological polar surface area (TPSA) is 41.1 Å². The Labute approximate surface area is 110 Å². The summed E-state index contributed by atoms with van der Waals surface area (Å²) >= 11 is 0. The third kappa shape index (κ3) is 4.40. The Morgan fingerprint density at radius 2 is 2.06 bits per heavy atom. The molecule has 1 aromatic carbocycles. The molecule has 0 unspecified atom stereocenters. The molecule has 0 aliphatic carbocycles. The van der Waals surface area contributed by atoms with Crippen LogP contribution in [0.3, 0.4) is 0 Å². The monoisotopic (exact) mass is 248 g/mol. The van der Waals surface area contributed by atoms with E-state index < -0.39 is 0 Å². The molecule has 0 spiro atoms. The van der Waals surface area contributed by atoms with E-state index in [1.54, 1.807) is 0 Å². The van der Waals surface area contributed by atoms with E-state index in [-0.39, 0.29) is 11.9 Å². The average Bonchev–Trinajstić information content (AvgIpc) is 2.30. The highest BCUT2D eigenvalue weighted by molar-refractivity contribution is 5.76. The lowest BCUT2D eigenvalue weighted by Gasteiger charge is -2.14. The van der Waals surface area contributed by atoms with E-state index in [1.807, 2.05) is 13.8 Å². The molecule has 0 bridgehead atoms. The molecule has 2 N–H and O–H groups in total. The van der Waals surface area contributed by atoms with E-state index in [0.717, 1.165) is 6.42 Å². The smallest absolute Gasteiger partial charge is 0.221 e. The van der Waals surface area contributed by atoms with E-state index in [9.17, 15) is 4.79 Å². The molecule has 1 amide bonds. The Morgan fingerprint density at radius 1 is 1.33 bits per heavy atom. The minimum atomic E-state index is 0.101. The highest BCUT2D eigenvalue weighted by Crippen LogP contribution is 2.20. The van der Waals surface area contributed by atoms with Gasteiger partial charge in [0.2, 0.25) is 5.91 Å². The number of para-hydroxylation sites is 1. The predicted octanol–water partition coefficient (Wildman–Crippen LogP) is 2.88. The number of hydrogen-bond donors (Lipinski definition) is 2. The minimum Gasteiger partial charge on any atom is -0.384 e. The van der Waals surface area contributed by atoms with Crippen molar-refractivity contribution in [1.82, 2.24) is 5.32 Å². The van der Waals surface area contributed by atoms with E-state index in [0.29, 0.717) is 13.0 Å². The van der Waals surface area contributed by atoms with E-state index >= 15 is 0 Å². The summed E-state index contributed by atoms with van der Waals surface area (Å²) < 4.78 is 0. The highest BCUT2D eigenvalue weighted by atomic mass is 16.1. The zero-order valence-electron chi connectivity index (χ0n) is 11.8. The maximum Gasteiger partial charge on any atom is 0.221 e. The second-order valence-electron chi connectivity index (χ2n) is 4.86. The van der Waals surface area contributed by atoms with Crippen molar-refractivity contribution in [2.24, 2.45) is 0 Å². The summed E-state index contributed by atoms with van der Waals surface area (Å²) in [7, 11) is 0. The van der Waals surface area contributed by atoms with Crippen LogP contribution in [0.4, 0.5) is 5.69 Å². The van der Waals surface area contributed by atoms with Crippen LogP contribution < -0.4 is 10.6 Å². The Morgan fingerprint density at radius 3 is 2.67 bits per heavy atom. The molecule has 0 saturated heterocycles. The second kappa shape index (κ2) is 7.04. The number of amides is 1. The van der Waals surface area contributed by atoms with Crippen molar-refractivity contribution >= 4 is 11.6 Å². The van der Waals surface area contributed by atoms with Crippen LogP contribution in [-0.4, -0.2) is 18.5 Å². The van der Waals surface area contributed by atoms with Crippen LogP contribution in [0.1, 0.15) is 38.3 Å². The summed E-state index contributed by atoms with van der Waals surface area (Å²) in [6, 6.07) is 6.51. The minimum absolute atomic E-state index is 0.101. The zero-order valence-corrected chi connectivity index (χ0v) is 11.8. The number of carbonyl (C=O) groups excluding carboxylic acids is 1. The van der Waals surface area contributed by atoms with Gasteiger partial charge in [0.25, 0.3) is 0 Å². The van der Waals surface area contributed by atoms with Gasteiger partial charge in [-0.2, -0.15) is 0 Å². The van der Waals surface area contributed by atoms with Crippen molar-refractivity contribution in [1.29, 1.82) is 0 Å². The number of hydrogen-bond acceptors (Lipinski definition) is 2. The van der Waals surface area contributed by atoms with Gasteiger partial charge in [0, 0.05) is 24.7 Å². The van der Waals surface area contributed by atoms with Crippen LogP contribution in [0.5, 0.6) is 0 Å². The molecular formula is C15H24N2O. The maximum absolute atomic E-state index is 11.5. The Hall–Kier alpha value is -1.51. The van der Waals surface area contributed by atoms with Crippen LogP contribution in [0.2, 0.25) is 0 Å². The van der Waals surface area contributed by atoms with Gasteiger partial charge in [0.05, 0.1) is 0 Å². The van der Waals surface area contributed by atoms with Gasteiger partial charge in [-0.1, -0.05) is 25.1 Å². The van der Waals surface area contributed by atoms with Crippen molar-refractivity contribution in [3.63, 3.8) is 0 Å². The largest absolute Gasteiger partial charge is 0.384 e. The van der Waals surface area contributed by atoms with E-state index in [4.69, 9.17) is 0 Å². The van der Waals surface area contributed by atoms with Gasteiger partial charge in [-0.3, -0.25) is 4.79 Å². The number of benzene rings is 1. The molecule has 1 aromatic rings. The molecule has 0 heterocycles. The van der Waals surface area contributed by atoms with E-state index in [1.165, 1.54) is 16.8 Å². The average molecular weight is 248 g/mol. The highest BCUT2D eigenvalue weighted by Gasteiger charge is 2.06. The van der Waals surface area contributed by atoms with E-state index in [2.05, 4.69) is 42.7 Å². The van der Waals surface area contributed by atoms with Gasteiger partial charge in [0.1, 0.15) is 0 Å². The quantitative estimate of drug-likeness (QED) is 0.812. The van der Waals surface area contributed by atoms with Gasteiger partial charge >= 0.3 is 0 Å². The molecule has 0 saturated carbocycles. The first kappa shape index (κ1) is 14.6. The summed E-state index contributed by atoms with van der Waals surface area (Å²) in [6.45, 7) is 8.86. The molecule has 0 radical (unpaired) electrons. The summed E-state index contributed by atoms with van der Waals surface area (Å²) in [6.07, 6.45) is 1.51. The molecule has 0 aliphatic heterocycles. The predicted molar refractivity (Wildman–Crippen MR) is 76.9 cm³/mol. The van der Waals surface area contributed by atoms with Crippen LogP contribution in [0, 0.1) is 6.92 Å². The van der Waals surface area contributed by atoms with Crippen LogP contribution in [0.15, 0.2) is 18.2 Å². The second-order valence-corrected chi connectivity index (χ2v) is 4.86. The molecule has 100 valence electrons. The first-order valence-corrected chi connectivity index (χ1v) is 6.66. The lowest BCUT2D eigenvalue weighted by atomic mass is 10.1. The van der Waals surface area contributed by atoms with Gasteiger partial charge in [-0.05, 0) is 38.3 Å². The Kier molecular flexibility index (Phi) is 5.69. The molecule has 3 heteroatoms. The normalized spacial score (nSPS) is 10.5. The standard InChI is InChI=1S/C15H24N2O/c1-5-13-8-6-7-12(4)15(13)16-10-9-14(18)17-11(2)3/h6-8,11,16H,5,9-10H2,1-4H3,(H,17,18). The fourth-order valence-electron chi connectivity index (χ4n) is 1.97. The molecule has 0 fully saturated rings. The number of nitrogens with one attached hydrogen (secondary N) is 2. The molecule has 0 aromatic heterocycles. The number of rotatable bonds is 6. The summed E-state index contributed by atoms with van der Waals surface area (Å²) in [5.41, 5.74) is 3.72. The Bertz CT molecular complexity index is 399. The molecule has 1 rings (SSSR count). The molecule has 0 atom stereocenters. The third-order valence-corrected chi connectivity index (χ3v) is 2.84. The van der Waals surface area contributed by atoms with Gasteiger partial charge in [-0.15, -0.1) is 0 Å². The van der Waals surface area contributed by atoms with Crippen molar-refractivity contribution in [2.75, 3.05) is 11.9 Å². The van der Waals surface area contributed by atoms with Crippen LogP contribution in [0.25, 0.3) is 0 Å². The van der Waals surface area contributed by atoms with Gasteiger partial charge in [-0.25, -0.2) is 0 Å². The third-order valence-electron chi connectivity index (χ3n) is 2.84. The Balaban J connectivity index is 2.51. The fourth-order valence-corrected chi connectivity index (χ4v) is 1.97. The SMILES string of the molecule is CCc1cccc(C)c1NCCC(=O)NC(C)C. The van der Waals surface area contributed by atoms with Crippen molar-refractivity contribution in [3.05, 3.63) is 29.3 Å². The van der Waals surface area contributed by atoms with Crippen molar-refractivity contribution < 1.29 is 4.79 Å². The first-order chi connectivity index (χ1) is 8.54. The molecular weight excluding hydrogens is 224 g/mol. The lowest BCUT2D eigenvalue weighted by molar-refractivity contribution is -0.121. The number of carbonyl (C=O) groups is 1. The maximum atomic E-state index is 11.5. The first-order valence-electron chi connectivity index (χ1n) is 6.66. The number of anilines is 1. The molecule has 3 nitrogen and oxygen atoms in total. The lowest BCUT2D eigenvalue weighted by Crippen LogP contribution is -2.31. The van der Waals surface area contributed by atoms with Crippen LogP contribution in [-0.2, 0) is 11.2 Å². The van der Waals surface area contributed by atoms with Crippen LogP contribution >= 0.6 is 0 Å². The summed E-state index contributed by atoms with van der Waals surface area (Å²) in [4.78, 5) is 11.5. The fraction of sp³-hybridized carbons (Fsp3) is 0.533. The molecule has 0 aliphatic rings. The molecule has 18 heavy (non-hydrogen) atoms. The van der Waals surface area contributed by atoms with Crippen molar-refractivity contribution in [3.8, 4) is 0 Å². The zero-order chi connectivity index (χ0) is 13.5. The summed E-state index contributed by atoms with van der Waals surface area (Å²) in [5, 5.41) is 6.27. The van der Waals surface area contributed by atoms with Crippen molar-refractivity contribution in [2.45, 2.75) is 46.6 Å².